The molecule has 0 fully saturated rings. The Morgan fingerprint density at radius 2 is 1.70 bits per heavy atom. The summed E-state index contributed by atoms with van der Waals surface area (Å²) in [4.78, 5) is 28.8. The van der Waals surface area contributed by atoms with Crippen LogP contribution in [-0.2, 0) is 15.7 Å². The number of carbonyl (C=O) groups is 2. The molecule has 6 nitrogen and oxygen atoms in total. The van der Waals surface area contributed by atoms with Crippen LogP contribution in [0.25, 0.3) is 11.5 Å². The van der Waals surface area contributed by atoms with Crippen molar-refractivity contribution >= 4 is 17.6 Å². The molecule has 3 aromatic rings. The number of ether oxygens (including phenoxy) is 1. The van der Waals surface area contributed by atoms with E-state index in [-0.39, 0.29) is 17.3 Å². The molecule has 0 aliphatic heterocycles. The molecule has 0 aliphatic rings. The van der Waals surface area contributed by atoms with Crippen LogP contribution in [0.5, 0.6) is 0 Å². The molecule has 30 heavy (non-hydrogen) atoms. The van der Waals surface area contributed by atoms with Gasteiger partial charge in [0.15, 0.2) is 11.8 Å². The summed E-state index contributed by atoms with van der Waals surface area (Å²) in [6, 6.07) is 13.4. The summed E-state index contributed by atoms with van der Waals surface area (Å²) in [6.45, 7) is 2.76. The Kier molecular flexibility index (Phi) is 5.91. The van der Waals surface area contributed by atoms with Gasteiger partial charge in [-0.15, -0.1) is 0 Å². The Bertz CT molecular complexity index is 1060. The van der Waals surface area contributed by atoms with Gasteiger partial charge in [0.05, 0.1) is 11.3 Å². The van der Waals surface area contributed by atoms with Crippen LogP contribution in [0.4, 0.5) is 18.9 Å². The number of amides is 1. The maximum absolute atomic E-state index is 13.1. The number of hydrogen-bond donors (Lipinski definition) is 1. The summed E-state index contributed by atoms with van der Waals surface area (Å²) in [5.74, 6) is -1.44. The van der Waals surface area contributed by atoms with Crippen molar-refractivity contribution in [2.75, 3.05) is 5.32 Å². The van der Waals surface area contributed by atoms with E-state index in [1.807, 2.05) is 6.07 Å². The summed E-state index contributed by atoms with van der Waals surface area (Å²) in [5, 5.41) is 2.14. The van der Waals surface area contributed by atoms with Crippen molar-refractivity contribution in [1.29, 1.82) is 0 Å². The summed E-state index contributed by atoms with van der Waals surface area (Å²) < 4.78 is 49.7. The first-order chi connectivity index (χ1) is 14.2. The molecule has 156 valence electrons. The largest absolute Gasteiger partial charge is 0.448 e. The second-order valence-electron chi connectivity index (χ2n) is 6.37. The standard InChI is InChI=1S/C21H17F3N2O4/c1-12-17(26-19(29-12)14-8-4-3-5-9-14)20(28)30-13(2)18(27)25-16-11-7-6-10-15(16)21(22,23)24/h3-11,13H,1-2H3,(H,25,27). The number of para-hydroxylation sites is 1. The van der Waals surface area contributed by atoms with E-state index in [4.69, 9.17) is 9.15 Å². The molecule has 0 spiro atoms. The first kappa shape index (κ1) is 21.1. The minimum absolute atomic E-state index is 0.121. The van der Waals surface area contributed by atoms with Crippen LogP contribution in [0.2, 0.25) is 0 Å². The van der Waals surface area contributed by atoms with Gasteiger partial charge in [-0.25, -0.2) is 9.78 Å². The van der Waals surface area contributed by atoms with E-state index >= 15 is 0 Å². The van der Waals surface area contributed by atoms with Gasteiger partial charge in [0.2, 0.25) is 5.89 Å². The van der Waals surface area contributed by atoms with Crippen LogP contribution in [0.15, 0.2) is 59.0 Å². The third-order valence-electron chi connectivity index (χ3n) is 4.15. The molecule has 1 aromatic heterocycles. The predicted octanol–water partition coefficient (Wildman–Crippen LogP) is 4.85. The number of halogens is 3. The summed E-state index contributed by atoms with van der Waals surface area (Å²) in [7, 11) is 0. The highest BCUT2D eigenvalue weighted by Gasteiger charge is 2.34. The predicted molar refractivity (Wildman–Crippen MR) is 102 cm³/mol. The van der Waals surface area contributed by atoms with Crippen molar-refractivity contribution in [2.24, 2.45) is 0 Å². The van der Waals surface area contributed by atoms with E-state index in [1.165, 1.54) is 26.0 Å². The van der Waals surface area contributed by atoms with Gasteiger partial charge in [-0.05, 0) is 38.1 Å². The summed E-state index contributed by atoms with van der Waals surface area (Å²) >= 11 is 0. The number of alkyl halides is 3. The van der Waals surface area contributed by atoms with Crippen LogP contribution in [-0.4, -0.2) is 23.0 Å². The van der Waals surface area contributed by atoms with Gasteiger partial charge in [0.1, 0.15) is 5.76 Å². The first-order valence-electron chi connectivity index (χ1n) is 8.87. The van der Waals surface area contributed by atoms with Crippen LogP contribution in [0.1, 0.15) is 28.7 Å². The molecule has 1 atom stereocenters. The lowest BCUT2D eigenvalue weighted by Gasteiger charge is -2.16. The average Bonchev–Trinajstić information content (AvgIpc) is 3.10. The molecule has 0 bridgehead atoms. The number of rotatable bonds is 5. The van der Waals surface area contributed by atoms with Crippen molar-refractivity contribution in [1.82, 2.24) is 4.98 Å². The normalized spacial score (nSPS) is 12.3. The Hall–Kier alpha value is -3.62. The molecule has 1 heterocycles. The molecule has 0 radical (unpaired) electrons. The highest BCUT2D eigenvalue weighted by molar-refractivity contribution is 5.97. The molecular formula is C21H17F3N2O4. The number of anilines is 1. The van der Waals surface area contributed by atoms with Crippen molar-refractivity contribution in [3.63, 3.8) is 0 Å². The number of esters is 1. The van der Waals surface area contributed by atoms with Crippen LogP contribution in [0, 0.1) is 6.92 Å². The van der Waals surface area contributed by atoms with Gasteiger partial charge >= 0.3 is 12.1 Å². The maximum atomic E-state index is 13.1. The molecule has 9 heteroatoms. The topological polar surface area (TPSA) is 81.4 Å². The Balaban J connectivity index is 1.71. The smallest absolute Gasteiger partial charge is 0.418 e. The third-order valence-corrected chi connectivity index (χ3v) is 4.15. The van der Waals surface area contributed by atoms with E-state index in [1.54, 1.807) is 24.3 Å². The van der Waals surface area contributed by atoms with E-state index in [9.17, 15) is 22.8 Å². The fourth-order valence-electron chi connectivity index (χ4n) is 2.63. The second-order valence-corrected chi connectivity index (χ2v) is 6.37. The highest BCUT2D eigenvalue weighted by atomic mass is 19.4. The third kappa shape index (κ3) is 4.68. The van der Waals surface area contributed by atoms with Gasteiger partial charge in [-0.2, -0.15) is 13.2 Å². The summed E-state index contributed by atoms with van der Waals surface area (Å²) in [5.41, 5.74) is -0.906. The van der Waals surface area contributed by atoms with E-state index in [2.05, 4.69) is 10.3 Å². The lowest BCUT2D eigenvalue weighted by atomic mass is 10.1. The highest BCUT2D eigenvalue weighted by Crippen LogP contribution is 2.34. The fourth-order valence-corrected chi connectivity index (χ4v) is 2.63. The van der Waals surface area contributed by atoms with Gasteiger partial charge < -0.3 is 14.5 Å². The SMILES string of the molecule is Cc1oc(-c2ccccc2)nc1C(=O)OC(C)C(=O)Nc1ccccc1C(F)(F)F. The number of aryl methyl sites for hydroxylation is 1. The molecule has 1 N–H and O–H groups in total. The Labute approximate surface area is 169 Å². The van der Waals surface area contributed by atoms with Crippen LogP contribution >= 0.6 is 0 Å². The zero-order valence-corrected chi connectivity index (χ0v) is 16.0. The number of nitrogens with zero attached hydrogens (tertiary/aromatic N) is 1. The van der Waals surface area contributed by atoms with Gasteiger partial charge in [0.25, 0.3) is 5.91 Å². The molecule has 2 aromatic carbocycles. The number of nitrogens with one attached hydrogen (secondary N) is 1. The Morgan fingerprint density at radius 3 is 2.37 bits per heavy atom. The molecule has 3 rings (SSSR count). The van der Waals surface area contributed by atoms with Crippen LogP contribution < -0.4 is 5.32 Å². The first-order valence-corrected chi connectivity index (χ1v) is 8.87. The van der Waals surface area contributed by atoms with Gasteiger partial charge in [0, 0.05) is 5.56 Å². The minimum Gasteiger partial charge on any atom is -0.448 e. The van der Waals surface area contributed by atoms with Crippen molar-refractivity contribution < 1.29 is 31.9 Å². The van der Waals surface area contributed by atoms with E-state index in [0.717, 1.165) is 12.1 Å². The zero-order valence-electron chi connectivity index (χ0n) is 16.0. The molecule has 0 saturated heterocycles. The number of oxazole rings is 1. The van der Waals surface area contributed by atoms with E-state index in [0.29, 0.717) is 5.56 Å². The quantitative estimate of drug-likeness (QED) is 0.599. The lowest BCUT2D eigenvalue weighted by molar-refractivity contribution is -0.137. The van der Waals surface area contributed by atoms with Gasteiger partial charge in [-0.3, -0.25) is 4.79 Å². The number of benzene rings is 2. The number of hydrogen-bond acceptors (Lipinski definition) is 5. The Morgan fingerprint density at radius 1 is 1.07 bits per heavy atom. The van der Waals surface area contributed by atoms with Crippen molar-refractivity contribution in [3.8, 4) is 11.5 Å². The fraction of sp³-hybridized carbons (Fsp3) is 0.190. The maximum Gasteiger partial charge on any atom is 0.418 e. The second kappa shape index (κ2) is 8.40. The number of carbonyl (C=O) groups excluding carboxylic acids is 2. The number of aromatic nitrogens is 1. The van der Waals surface area contributed by atoms with E-state index < -0.39 is 35.4 Å². The van der Waals surface area contributed by atoms with Crippen molar-refractivity contribution in [2.45, 2.75) is 26.1 Å². The van der Waals surface area contributed by atoms with Crippen LogP contribution in [0.3, 0.4) is 0 Å². The molecule has 1 unspecified atom stereocenters. The van der Waals surface area contributed by atoms with Gasteiger partial charge in [-0.1, -0.05) is 30.3 Å². The minimum atomic E-state index is -4.64. The molecular weight excluding hydrogens is 401 g/mol. The molecule has 0 saturated carbocycles. The average molecular weight is 418 g/mol. The monoisotopic (exact) mass is 418 g/mol. The molecule has 1 amide bonds. The summed E-state index contributed by atoms with van der Waals surface area (Å²) in [6.07, 6.45) is -6.01. The lowest BCUT2D eigenvalue weighted by Crippen LogP contribution is -2.31. The van der Waals surface area contributed by atoms with Crippen molar-refractivity contribution in [3.05, 3.63) is 71.6 Å². The molecule has 0 aliphatic carbocycles. The zero-order chi connectivity index (χ0) is 21.9.